The van der Waals surface area contributed by atoms with Crippen LogP contribution in [-0.4, -0.2) is 37.7 Å². The van der Waals surface area contributed by atoms with E-state index in [9.17, 15) is 13.2 Å². The number of benzene rings is 1. The molecule has 7 nitrogen and oxygen atoms in total. The van der Waals surface area contributed by atoms with Gasteiger partial charge in [0.05, 0.1) is 17.2 Å². The predicted molar refractivity (Wildman–Crippen MR) is 105 cm³/mol. The highest BCUT2D eigenvalue weighted by atomic mass is 32.2. The Morgan fingerprint density at radius 2 is 1.86 bits per heavy atom. The summed E-state index contributed by atoms with van der Waals surface area (Å²) >= 11 is 0. The monoisotopic (exact) mass is 399 g/mol. The lowest BCUT2D eigenvalue weighted by Gasteiger charge is -2.27. The molecule has 0 saturated heterocycles. The lowest BCUT2D eigenvalue weighted by Crippen LogP contribution is -2.34. The van der Waals surface area contributed by atoms with Gasteiger partial charge in [-0.05, 0) is 49.4 Å². The number of nitrogens with zero attached hydrogens (tertiary/aromatic N) is 3. The molecule has 0 radical (unpaired) electrons. The highest BCUT2D eigenvalue weighted by Crippen LogP contribution is 2.28. The number of anilines is 1. The van der Waals surface area contributed by atoms with Crippen LogP contribution < -0.4 is 4.90 Å². The van der Waals surface area contributed by atoms with Crippen LogP contribution in [0.3, 0.4) is 0 Å². The summed E-state index contributed by atoms with van der Waals surface area (Å²) < 4.78 is 31.5. The summed E-state index contributed by atoms with van der Waals surface area (Å²) in [5, 5.41) is 0. The zero-order chi connectivity index (χ0) is 20.3. The Morgan fingerprint density at radius 1 is 1.07 bits per heavy atom. The Morgan fingerprint density at radius 3 is 2.46 bits per heavy atom. The average molecular weight is 399 g/mol. The third-order valence-corrected chi connectivity index (χ3v) is 6.13. The minimum Gasteiger partial charge on any atom is -0.467 e. The molecular formula is C20H21N3O4S. The van der Waals surface area contributed by atoms with E-state index in [0.717, 1.165) is 4.31 Å². The third kappa shape index (κ3) is 3.83. The third-order valence-electron chi connectivity index (χ3n) is 4.32. The van der Waals surface area contributed by atoms with Gasteiger partial charge in [-0.25, -0.2) is 17.7 Å². The number of hydrogen-bond donors (Lipinski definition) is 0. The Hall–Kier alpha value is -2.97. The van der Waals surface area contributed by atoms with Gasteiger partial charge in [0.25, 0.3) is 5.91 Å². The van der Waals surface area contributed by atoms with Crippen molar-refractivity contribution in [2.24, 2.45) is 0 Å². The fraction of sp³-hybridized carbons (Fsp3) is 0.200. The maximum absolute atomic E-state index is 13.4. The van der Waals surface area contributed by atoms with Crippen molar-refractivity contribution in [3.05, 3.63) is 78.4 Å². The Balaban J connectivity index is 2.06. The Kier molecular flexibility index (Phi) is 5.62. The molecule has 3 aromatic rings. The molecule has 0 aliphatic heterocycles. The molecule has 0 spiro atoms. The standard InChI is InChI=1S/C20H21N3O4S/c1-15(18-10-7-13-27-18)23(19-11-4-5-12-21-19)20(24)16-8-6-9-17(14-16)28(25,26)22(2)3/h4-15H,1-3H3/t15-/m0/s1. The van der Waals surface area contributed by atoms with Crippen molar-refractivity contribution < 1.29 is 17.6 Å². The van der Waals surface area contributed by atoms with Crippen LogP contribution in [0.25, 0.3) is 0 Å². The second kappa shape index (κ2) is 7.95. The number of hydrogen-bond acceptors (Lipinski definition) is 5. The molecule has 0 aliphatic carbocycles. The molecule has 0 bridgehead atoms. The first kappa shape index (κ1) is 19.8. The number of pyridine rings is 1. The summed E-state index contributed by atoms with van der Waals surface area (Å²) in [6, 6.07) is 14.3. The van der Waals surface area contributed by atoms with Crippen LogP contribution in [0.1, 0.15) is 29.1 Å². The van der Waals surface area contributed by atoms with Gasteiger partial charge in [-0.15, -0.1) is 0 Å². The normalized spacial score (nSPS) is 12.7. The van der Waals surface area contributed by atoms with Gasteiger partial charge in [0.15, 0.2) is 0 Å². The van der Waals surface area contributed by atoms with Gasteiger partial charge < -0.3 is 4.42 Å². The van der Waals surface area contributed by atoms with Crippen molar-refractivity contribution in [1.82, 2.24) is 9.29 Å². The van der Waals surface area contributed by atoms with E-state index in [4.69, 9.17) is 4.42 Å². The van der Waals surface area contributed by atoms with Gasteiger partial charge in [0.2, 0.25) is 10.0 Å². The molecule has 8 heteroatoms. The maximum atomic E-state index is 13.4. The van der Waals surface area contributed by atoms with Gasteiger partial charge in [-0.1, -0.05) is 12.1 Å². The molecule has 0 fully saturated rings. The lowest BCUT2D eigenvalue weighted by atomic mass is 10.1. The van der Waals surface area contributed by atoms with Gasteiger partial charge >= 0.3 is 0 Å². The lowest BCUT2D eigenvalue weighted by molar-refractivity contribution is 0.0974. The van der Waals surface area contributed by atoms with Crippen molar-refractivity contribution in [1.29, 1.82) is 0 Å². The van der Waals surface area contributed by atoms with E-state index in [2.05, 4.69) is 4.98 Å². The van der Waals surface area contributed by atoms with Crippen LogP contribution in [0, 0.1) is 0 Å². The summed E-state index contributed by atoms with van der Waals surface area (Å²) in [6.45, 7) is 1.83. The van der Waals surface area contributed by atoms with E-state index in [1.54, 1.807) is 48.7 Å². The average Bonchev–Trinajstić information content (AvgIpc) is 3.23. The second-order valence-electron chi connectivity index (χ2n) is 6.37. The molecule has 2 heterocycles. The highest BCUT2D eigenvalue weighted by molar-refractivity contribution is 7.89. The van der Waals surface area contributed by atoms with Crippen molar-refractivity contribution in [3.8, 4) is 0 Å². The summed E-state index contributed by atoms with van der Waals surface area (Å²) in [4.78, 5) is 19.2. The van der Waals surface area contributed by atoms with Crippen LogP contribution in [0.2, 0.25) is 0 Å². The fourth-order valence-corrected chi connectivity index (χ4v) is 3.72. The smallest absolute Gasteiger partial charge is 0.260 e. The minimum atomic E-state index is -3.66. The van der Waals surface area contributed by atoms with E-state index in [0.29, 0.717) is 11.6 Å². The van der Waals surface area contributed by atoms with E-state index >= 15 is 0 Å². The SMILES string of the molecule is C[C@@H](c1ccco1)N(C(=O)c1cccc(S(=O)(=O)N(C)C)c1)c1ccccn1. The maximum Gasteiger partial charge on any atom is 0.260 e. The number of sulfonamides is 1. The van der Waals surface area contributed by atoms with E-state index < -0.39 is 16.1 Å². The summed E-state index contributed by atoms with van der Waals surface area (Å²) in [6.07, 6.45) is 3.13. The fourth-order valence-electron chi connectivity index (χ4n) is 2.77. The zero-order valence-corrected chi connectivity index (χ0v) is 16.6. The van der Waals surface area contributed by atoms with Gasteiger partial charge in [0, 0.05) is 25.9 Å². The first-order valence-corrected chi connectivity index (χ1v) is 10.1. The number of aromatic nitrogens is 1. The molecular weight excluding hydrogens is 378 g/mol. The van der Waals surface area contributed by atoms with Gasteiger partial charge in [0.1, 0.15) is 11.6 Å². The largest absolute Gasteiger partial charge is 0.467 e. The van der Waals surface area contributed by atoms with E-state index in [-0.39, 0.29) is 16.4 Å². The van der Waals surface area contributed by atoms with Crippen LogP contribution in [0.5, 0.6) is 0 Å². The first-order valence-electron chi connectivity index (χ1n) is 8.63. The molecule has 0 aliphatic rings. The summed E-state index contributed by atoms with van der Waals surface area (Å²) in [5.74, 6) is 0.659. The summed E-state index contributed by atoms with van der Waals surface area (Å²) in [7, 11) is -0.763. The Bertz CT molecular complexity index is 1050. The van der Waals surface area contributed by atoms with Crippen molar-refractivity contribution in [2.45, 2.75) is 17.9 Å². The molecule has 2 aromatic heterocycles. The van der Waals surface area contributed by atoms with Crippen LogP contribution in [0.4, 0.5) is 5.82 Å². The predicted octanol–water partition coefficient (Wildman–Crippen LogP) is 3.33. The van der Waals surface area contributed by atoms with Gasteiger partial charge in [-0.3, -0.25) is 9.69 Å². The van der Waals surface area contributed by atoms with E-state index in [1.165, 1.54) is 37.4 Å². The molecule has 1 amide bonds. The van der Waals surface area contributed by atoms with Gasteiger partial charge in [-0.2, -0.15) is 0 Å². The number of carbonyl (C=O) groups excluding carboxylic acids is 1. The molecule has 0 N–H and O–H groups in total. The van der Waals surface area contributed by atoms with Crippen LogP contribution in [0.15, 0.2) is 76.4 Å². The number of carbonyl (C=O) groups is 1. The number of rotatable bonds is 6. The molecule has 1 atom stereocenters. The minimum absolute atomic E-state index is 0.0509. The molecule has 146 valence electrons. The molecule has 28 heavy (non-hydrogen) atoms. The van der Waals surface area contributed by atoms with Crippen LogP contribution in [-0.2, 0) is 10.0 Å². The summed E-state index contributed by atoms with van der Waals surface area (Å²) in [5.41, 5.74) is 0.243. The number of amides is 1. The molecule has 3 rings (SSSR count). The zero-order valence-electron chi connectivity index (χ0n) is 15.8. The van der Waals surface area contributed by atoms with Crippen molar-refractivity contribution >= 4 is 21.7 Å². The molecule has 0 unspecified atom stereocenters. The first-order chi connectivity index (χ1) is 13.3. The topological polar surface area (TPSA) is 83.7 Å². The molecule has 0 saturated carbocycles. The van der Waals surface area contributed by atoms with Crippen molar-refractivity contribution in [2.75, 3.05) is 19.0 Å². The second-order valence-corrected chi connectivity index (χ2v) is 8.52. The molecule has 1 aromatic carbocycles. The Labute approximate surface area is 164 Å². The van der Waals surface area contributed by atoms with E-state index in [1.807, 2.05) is 6.92 Å². The quantitative estimate of drug-likeness (QED) is 0.635. The van der Waals surface area contributed by atoms with Crippen molar-refractivity contribution in [3.63, 3.8) is 0 Å². The highest BCUT2D eigenvalue weighted by Gasteiger charge is 2.28. The van der Waals surface area contributed by atoms with Crippen LogP contribution >= 0.6 is 0 Å². The number of furan rings is 1.